The molecule has 24 atom stereocenters. The van der Waals surface area contributed by atoms with E-state index < -0.39 is 171 Å². The minimum Gasteiger partial charge on any atom is -0.390 e. The van der Waals surface area contributed by atoms with E-state index in [-0.39, 0.29) is 154 Å². The Morgan fingerprint density at radius 3 is 0.911 bits per heavy atom. The Hall–Kier alpha value is -3.48. The quantitative estimate of drug-likeness (QED) is 0.0282. The number of aliphatic hydroxyl groups excluding tert-OH is 4. The van der Waals surface area contributed by atoms with E-state index in [4.69, 9.17) is 36.2 Å². The predicted octanol–water partition coefficient (Wildman–Crippen LogP) is 0.0289. The predicted molar refractivity (Wildman–Crippen MR) is 459 cm³/mol. The largest absolute Gasteiger partial charge is 0.472 e. The number of hydrogen-bond donors (Lipinski definition) is 20. The van der Waals surface area contributed by atoms with Gasteiger partial charge in [-0.25, -0.2) is 18.3 Å². The molecular formula is C80H160N12O28P4+4. The number of aliphatic hydroxyl groups is 4. The molecule has 0 bridgehead atoms. The van der Waals surface area contributed by atoms with Crippen LogP contribution < -0.4 is 65.5 Å². The molecule has 4 amide bonds. The zero-order valence-corrected chi connectivity index (χ0v) is 79.2. The molecule has 4 fully saturated rings. The van der Waals surface area contributed by atoms with Crippen molar-refractivity contribution in [2.75, 3.05) is 125 Å². The molecule has 0 aromatic carbocycles. The summed E-state index contributed by atoms with van der Waals surface area (Å²) in [4.78, 5) is 150. The fraction of sp³-hybridized carbons (Fsp3) is 0.900. The number of carbonyl (C=O) groups is 8. The van der Waals surface area contributed by atoms with Crippen molar-refractivity contribution in [3.05, 3.63) is 0 Å². The molecule has 0 heterocycles. The van der Waals surface area contributed by atoms with E-state index in [1.54, 1.807) is 34.6 Å². The highest BCUT2D eigenvalue weighted by Gasteiger charge is 2.52. The van der Waals surface area contributed by atoms with Crippen LogP contribution in [-0.4, -0.2) is 266 Å². The van der Waals surface area contributed by atoms with Gasteiger partial charge in [-0.1, -0.05) is 69.2 Å². The third-order valence-corrected chi connectivity index (χ3v) is 27.1. The zero-order chi connectivity index (χ0) is 93.2. The summed E-state index contributed by atoms with van der Waals surface area (Å²) in [7, 11) is -19.4. The standard InChI is InChI=1S/C46H90N12O8.C34H66O20P4/c1-33(2)29-35(5-9-42(62)55-25-21-51-17-13-47)39(59)30-36(6-10-43(63)56-26-22-52-18-14-48)40(60)31-37(7-11-44(64)57-27-23-53-19-15-49)41(61)32-38(46(66)34(3)4)8-12-45(65)58-28-24-54-20-16-50;1-17(2)9-23-10-19(5)27(35)31(23)51-55(39,40)47-14-24-11-20(6)28(36)32(24)52-56(41,42)48-15-25-12-21(7)29(37)33(25)53-57(43,44)49-16-26-13-22(8)30(38)34(26)54-58(45,46)50-18(3)4/h33-38,51-54H,5-32,47-50H2,1-4H3,(H,55,62)(H,56,63)(H,57,64)(H,58,65);17-38H,9-16H2,1-8H3,(H,39,40)(H,41,42)(H,43,44)(H,45,46)/p+4/t;19-,20-,21-,22-,23+,24-,25-,26-,27?,28?,29?,30?,31+,32+,33+,34+/m.1/s1. The molecule has 40 nitrogen and oxygen atoms in total. The first-order valence-corrected chi connectivity index (χ1v) is 50.8. The second-order valence-corrected chi connectivity index (χ2v) is 41.2. The van der Waals surface area contributed by atoms with Gasteiger partial charge >= 0.3 is 31.3 Å². The number of amides is 4. The van der Waals surface area contributed by atoms with Gasteiger partial charge in [0.1, 0.15) is 41.4 Å². The van der Waals surface area contributed by atoms with Gasteiger partial charge in [-0.15, -0.1) is 0 Å². The summed E-state index contributed by atoms with van der Waals surface area (Å²) in [6, 6.07) is 0. The lowest BCUT2D eigenvalue weighted by Gasteiger charge is -2.29. The molecule has 44 heteroatoms. The molecule has 124 heavy (non-hydrogen) atoms. The van der Waals surface area contributed by atoms with E-state index in [9.17, 15) is 96.6 Å². The van der Waals surface area contributed by atoms with E-state index in [1.165, 1.54) is 13.8 Å². The number of rotatable bonds is 66. The van der Waals surface area contributed by atoms with Crippen LogP contribution in [0.1, 0.15) is 192 Å². The molecular weight excluding hydrogens is 1700 g/mol. The Bertz CT molecular complexity index is 3380. The fourth-order valence-electron chi connectivity index (χ4n) is 16.4. The third-order valence-electron chi connectivity index (χ3n) is 23.0. The second kappa shape index (κ2) is 59.1. The minimum absolute atomic E-state index is 0.0273. The first-order valence-electron chi connectivity index (χ1n) is 44.8. The maximum Gasteiger partial charge on any atom is 0.472 e. The number of ketones is 4. The lowest BCUT2D eigenvalue weighted by Crippen LogP contribution is -2.54. The minimum atomic E-state index is -5.01. The van der Waals surface area contributed by atoms with E-state index in [0.29, 0.717) is 104 Å². The third kappa shape index (κ3) is 44.6. The van der Waals surface area contributed by atoms with Crippen molar-refractivity contribution in [1.29, 1.82) is 0 Å². The topological polar surface area (TPSA) is 647 Å². The number of carbonyl (C=O) groups excluding carboxylic acids is 8. The molecule has 4 rings (SSSR count). The fourth-order valence-corrected chi connectivity index (χ4v) is 20.7. The molecule has 0 aromatic rings. The summed E-state index contributed by atoms with van der Waals surface area (Å²) in [5.74, 6) is -9.65. The van der Waals surface area contributed by atoms with Gasteiger partial charge in [-0.05, 0) is 119 Å². The summed E-state index contributed by atoms with van der Waals surface area (Å²) in [5.41, 5.74) is 15.2. The Morgan fingerprint density at radius 1 is 0.363 bits per heavy atom. The summed E-state index contributed by atoms with van der Waals surface area (Å²) >= 11 is 0. The lowest BCUT2D eigenvalue weighted by molar-refractivity contribution is -0.365. The maximum atomic E-state index is 14.5. The van der Waals surface area contributed by atoms with Gasteiger partial charge in [0, 0.05) is 171 Å². The van der Waals surface area contributed by atoms with Crippen LogP contribution in [0.4, 0.5) is 0 Å². The van der Waals surface area contributed by atoms with E-state index in [1.807, 2.05) is 34.6 Å². The normalized spacial score (nSPS) is 26.9. The van der Waals surface area contributed by atoms with Gasteiger partial charge in [0.25, 0.3) is 0 Å². The van der Waals surface area contributed by atoms with Crippen LogP contribution in [0.15, 0.2) is 0 Å². The van der Waals surface area contributed by atoms with Gasteiger partial charge in [-0.2, -0.15) is 0 Å². The molecule has 4 saturated carbocycles. The molecule has 4 aliphatic rings. The lowest BCUT2D eigenvalue weighted by atomic mass is 9.78. The van der Waals surface area contributed by atoms with Crippen molar-refractivity contribution in [2.45, 2.75) is 247 Å². The van der Waals surface area contributed by atoms with E-state index in [2.05, 4.69) is 65.5 Å². The van der Waals surface area contributed by atoms with Gasteiger partial charge in [0.2, 0.25) is 23.6 Å². The molecule has 28 N–H and O–H groups in total. The van der Waals surface area contributed by atoms with Crippen LogP contribution in [0.2, 0.25) is 0 Å². The Balaban J connectivity index is 0.000000644. The van der Waals surface area contributed by atoms with Crippen molar-refractivity contribution in [3.8, 4) is 0 Å². The van der Waals surface area contributed by atoms with Crippen LogP contribution in [-0.2, 0) is 92.8 Å². The average Bonchev–Trinajstić information content (AvgIpc) is 1.67. The summed E-state index contributed by atoms with van der Waals surface area (Å²) < 4.78 is 94.2. The van der Waals surface area contributed by atoms with Gasteiger partial charge in [0.15, 0.2) is 0 Å². The first-order chi connectivity index (χ1) is 58.2. The summed E-state index contributed by atoms with van der Waals surface area (Å²) in [5, 5.41) is 67.1. The van der Waals surface area contributed by atoms with Crippen molar-refractivity contribution in [2.24, 2.45) is 88.8 Å². The number of phosphoric ester groups is 4. The molecule has 12 unspecified atom stereocenters. The highest BCUT2D eigenvalue weighted by atomic mass is 31.2. The zero-order valence-electron chi connectivity index (χ0n) is 75.7. The van der Waals surface area contributed by atoms with Gasteiger partial charge < -0.3 is 105 Å². The van der Waals surface area contributed by atoms with Crippen LogP contribution in [0.5, 0.6) is 0 Å². The SMILES string of the molecule is CC(C)CC(CCC(=O)NCCNCC[NH3+])C(=O)CC(CCC(=O)NCCNCC[NH3+])C(=O)CC(CCC(=O)NCCNCC[NH3+])C(=O)CC(CCC(=O)NCCNCC[NH3+])C(=O)C(C)C.CC(C)C[C@H]1C[C@@H](C)C(O)[C@H]1OP(=O)(O)OC[C@H]1C[C@@H](C)C(O)[C@H]1OP(=O)(O)OC[C@H]1C[C@@H](C)C(O)[C@H]1OP(=O)(O)OC[C@H]1C[C@@H](C)C(O)[C@H]1OP(=O)(O)OC(C)C. The van der Waals surface area contributed by atoms with Crippen molar-refractivity contribution < 1.29 is 156 Å². The summed E-state index contributed by atoms with van der Waals surface area (Å²) in [6.07, 6.45) is -8.31. The first kappa shape index (κ1) is 115. The number of hydrogen-bond acceptors (Lipinski definition) is 28. The van der Waals surface area contributed by atoms with Crippen molar-refractivity contribution in [3.63, 3.8) is 0 Å². The highest BCUT2D eigenvalue weighted by Crippen LogP contribution is 2.57. The maximum absolute atomic E-state index is 14.5. The summed E-state index contributed by atoms with van der Waals surface area (Å²) in [6.45, 7) is 29.1. The molecule has 0 aliphatic heterocycles. The van der Waals surface area contributed by atoms with E-state index in [0.717, 1.165) is 26.2 Å². The highest BCUT2D eigenvalue weighted by molar-refractivity contribution is 7.48. The van der Waals surface area contributed by atoms with Crippen LogP contribution in [0, 0.1) is 88.8 Å². The molecule has 724 valence electrons. The molecule has 0 saturated heterocycles. The molecule has 0 aromatic heterocycles. The molecule has 0 radical (unpaired) electrons. The number of quaternary nitrogens is 4. The number of phosphoric acid groups is 4. The van der Waals surface area contributed by atoms with Crippen LogP contribution in [0.3, 0.4) is 0 Å². The Morgan fingerprint density at radius 2 is 0.629 bits per heavy atom. The smallest absolute Gasteiger partial charge is 0.390 e. The Labute approximate surface area is 733 Å². The number of Topliss-reactive ketones (excluding diaryl/α,β-unsaturated/α-hetero) is 4. The monoisotopic (exact) mass is 1860 g/mol. The average molecular weight is 1860 g/mol. The van der Waals surface area contributed by atoms with Crippen LogP contribution >= 0.6 is 31.3 Å². The van der Waals surface area contributed by atoms with Gasteiger partial charge in [0.05, 0.1) is 82.6 Å². The number of nitrogens with one attached hydrogen (secondary N) is 8. The Kier molecular flexibility index (Phi) is 54.7. The van der Waals surface area contributed by atoms with E-state index >= 15 is 0 Å². The van der Waals surface area contributed by atoms with Crippen molar-refractivity contribution in [1.82, 2.24) is 42.5 Å². The molecule has 0 spiro atoms. The van der Waals surface area contributed by atoms with Crippen molar-refractivity contribution >= 4 is 78.1 Å². The van der Waals surface area contributed by atoms with Crippen LogP contribution in [0.25, 0.3) is 0 Å². The van der Waals surface area contributed by atoms with Gasteiger partial charge in [-0.3, -0.25) is 74.5 Å². The second-order valence-electron chi connectivity index (χ2n) is 35.6. The molecule has 4 aliphatic carbocycles.